The molecule has 5 heteroatoms. The van der Waals surface area contributed by atoms with Gasteiger partial charge in [0.1, 0.15) is 0 Å². The van der Waals surface area contributed by atoms with Crippen LogP contribution in [0.4, 0.5) is 5.95 Å². The van der Waals surface area contributed by atoms with Crippen molar-refractivity contribution < 1.29 is 9.53 Å². The van der Waals surface area contributed by atoms with Gasteiger partial charge in [0, 0.05) is 11.9 Å². The van der Waals surface area contributed by atoms with Gasteiger partial charge in [0.15, 0.2) is 0 Å². The van der Waals surface area contributed by atoms with Crippen LogP contribution in [-0.2, 0) is 17.6 Å². The van der Waals surface area contributed by atoms with E-state index in [0.29, 0.717) is 18.1 Å². The average molecular weight is 271 g/mol. The molecule has 0 aliphatic rings. The molecule has 0 amide bonds. The van der Waals surface area contributed by atoms with Crippen LogP contribution in [0.3, 0.4) is 0 Å². The van der Waals surface area contributed by atoms with Crippen LogP contribution < -0.4 is 5.73 Å². The third-order valence-corrected chi connectivity index (χ3v) is 2.87. The summed E-state index contributed by atoms with van der Waals surface area (Å²) in [6, 6.07) is 9.26. The molecule has 2 rings (SSSR count). The zero-order valence-electron chi connectivity index (χ0n) is 11.4. The van der Waals surface area contributed by atoms with Crippen molar-refractivity contribution in [2.45, 2.75) is 19.8 Å². The number of carbonyl (C=O) groups excluding carboxylic acids is 1. The first kappa shape index (κ1) is 14.0. The molecule has 104 valence electrons. The fourth-order valence-corrected chi connectivity index (χ4v) is 1.85. The first-order valence-corrected chi connectivity index (χ1v) is 6.52. The molecule has 1 heterocycles. The van der Waals surface area contributed by atoms with E-state index in [-0.39, 0.29) is 5.97 Å². The Morgan fingerprint density at radius 1 is 1.20 bits per heavy atom. The largest absolute Gasteiger partial charge is 0.462 e. The summed E-state index contributed by atoms with van der Waals surface area (Å²) >= 11 is 0. The van der Waals surface area contributed by atoms with Crippen molar-refractivity contribution in [3.63, 3.8) is 0 Å². The minimum atomic E-state index is -0.289. The van der Waals surface area contributed by atoms with Crippen LogP contribution in [0.5, 0.6) is 0 Å². The molecule has 0 atom stereocenters. The van der Waals surface area contributed by atoms with Gasteiger partial charge in [0.2, 0.25) is 5.95 Å². The Bertz CT molecular complexity index is 582. The van der Waals surface area contributed by atoms with E-state index in [2.05, 4.69) is 9.97 Å². The molecule has 2 aromatic rings. The lowest BCUT2D eigenvalue weighted by Crippen LogP contribution is -2.04. The zero-order valence-corrected chi connectivity index (χ0v) is 11.4. The highest BCUT2D eigenvalue weighted by atomic mass is 16.5. The zero-order chi connectivity index (χ0) is 14.4. The second kappa shape index (κ2) is 6.65. The summed E-state index contributed by atoms with van der Waals surface area (Å²) in [6.45, 7) is 2.18. The van der Waals surface area contributed by atoms with Crippen LogP contribution >= 0.6 is 0 Å². The minimum absolute atomic E-state index is 0.289. The van der Waals surface area contributed by atoms with Crippen LogP contribution in [0.15, 0.2) is 36.5 Å². The number of ether oxygens (including phenoxy) is 1. The second-order valence-corrected chi connectivity index (χ2v) is 4.32. The van der Waals surface area contributed by atoms with Gasteiger partial charge < -0.3 is 10.5 Å². The summed E-state index contributed by atoms with van der Waals surface area (Å²) in [5, 5.41) is 0. The molecule has 0 unspecified atom stereocenters. The Morgan fingerprint density at radius 2 is 1.95 bits per heavy atom. The van der Waals surface area contributed by atoms with Crippen molar-refractivity contribution in [2.24, 2.45) is 0 Å². The maximum Gasteiger partial charge on any atom is 0.338 e. The maximum atomic E-state index is 11.5. The molecule has 5 nitrogen and oxygen atoms in total. The highest BCUT2D eigenvalue weighted by Crippen LogP contribution is 2.09. The number of aromatic nitrogens is 2. The first-order valence-electron chi connectivity index (χ1n) is 6.52. The van der Waals surface area contributed by atoms with Gasteiger partial charge in [-0.3, -0.25) is 0 Å². The van der Waals surface area contributed by atoms with Gasteiger partial charge in [-0.25, -0.2) is 14.8 Å². The van der Waals surface area contributed by atoms with Gasteiger partial charge in [0.05, 0.1) is 12.2 Å². The lowest BCUT2D eigenvalue weighted by Gasteiger charge is -2.04. The van der Waals surface area contributed by atoms with Gasteiger partial charge in [-0.05, 0) is 43.5 Å². The summed E-state index contributed by atoms with van der Waals surface area (Å²) in [4.78, 5) is 19.5. The van der Waals surface area contributed by atoms with Crippen molar-refractivity contribution in [2.75, 3.05) is 12.3 Å². The molecule has 0 bridgehead atoms. The molecule has 0 fully saturated rings. The topological polar surface area (TPSA) is 78.1 Å². The second-order valence-electron chi connectivity index (χ2n) is 4.32. The Hall–Kier alpha value is -2.43. The molecule has 1 aromatic carbocycles. The molecule has 20 heavy (non-hydrogen) atoms. The number of hydrogen-bond acceptors (Lipinski definition) is 5. The van der Waals surface area contributed by atoms with E-state index in [1.807, 2.05) is 18.2 Å². The number of nitrogens with zero attached hydrogens (tertiary/aromatic N) is 2. The average Bonchev–Trinajstić information content (AvgIpc) is 2.46. The summed E-state index contributed by atoms with van der Waals surface area (Å²) in [5.74, 6) is 0.00258. The Morgan fingerprint density at radius 3 is 2.60 bits per heavy atom. The number of nitrogen functional groups attached to an aromatic ring is 1. The van der Waals surface area contributed by atoms with Crippen LogP contribution in [0.1, 0.15) is 28.5 Å². The lowest BCUT2D eigenvalue weighted by molar-refractivity contribution is 0.0526. The third kappa shape index (κ3) is 3.78. The highest BCUT2D eigenvalue weighted by Gasteiger charge is 2.05. The Kier molecular flexibility index (Phi) is 4.65. The van der Waals surface area contributed by atoms with E-state index in [1.54, 1.807) is 25.3 Å². The van der Waals surface area contributed by atoms with E-state index in [4.69, 9.17) is 10.5 Å². The van der Waals surface area contributed by atoms with Gasteiger partial charge in [-0.15, -0.1) is 0 Å². The molecule has 2 N–H and O–H groups in total. The van der Waals surface area contributed by atoms with Crippen molar-refractivity contribution in [1.82, 2.24) is 9.97 Å². The van der Waals surface area contributed by atoms with E-state index >= 15 is 0 Å². The Balaban J connectivity index is 1.95. The third-order valence-electron chi connectivity index (χ3n) is 2.87. The fraction of sp³-hybridized carbons (Fsp3) is 0.267. The van der Waals surface area contributed by atoms with Crippen molar-refractivity contribution >= 4 is 11.9 Å². The highest BCUT2D eigenvalue weighted by molar-refractivity contribution is 5.89. The van der Waals surface area contributed by atoms with Crippen LogP contribution in [0.2, 0.25) is 0 Å². The lowest BCUT2D eigenvalue weighted by atomic mass is 10.1. The number of anilines is 1. The summed E-state index contributed by atoms with van der Waals surface area (Å²) in [5.41, 5.74) is 8.15. The van der Waals surface area contributed by atoms with Crippen molar-refractivity contribution in [1.29, 1.82) is 0 Å². The standard InChI is InChI=1S/C15H17N3O2/c1-2-20-14(19)12-6-3-11(4-7-12)5-8-13-9-10-17-15(16)18-13/h3-4,6-7,9-10H,2,5,8H2,1H3,(H2,16,17,18). The number of benzene rings is 1. The smallest absolute Gasteiger partial charge is 0.338 e. The Labute approximate surface area is 117 Å². The van der Waals surface area contributed by atoms with E-state index in [1.165, 1.54) is 0 Å². The summed E-state index contributed by atoms with van der Waals surface area (Å²) in [6.07, 6.45) is 3.27. The van der Waals surface area contributed by atoms with Gasteiger partial charge in [-0.2, -0.15) is 0 Å². The quantitative estimate of drug-likeness (QED) is 0.842. The first-order chi connectivity index (χ1) is 9.69. The SMILES string of the molecule is CCOC(=O)c1ccc(CCc2ccnc(N)n2)cc1. The molecular formula is C15H17N3O2. The number of hydrogen-bond donors (Lipinski definition) is 1. The minimum Gasteiger partial charge on any atom is -0.462 e. The molecular weight excluding hydrogens is 254 g/mol. The summed E-state index contributed by atoms with van der Waals surface area (Å²) in [7, 11) is 0. The number of aryl methyl sites for hydroxylation is 2. The number of esters is 1. The maximum absolute atomic E-state index is 11.5. The van der Waals surface area contributed by atoms with Crippen molar-refractivity contribution in [3.8, 4) is 0 Å². The van der Waals surface area contributed by atoms with E-state index in [0.717, 1.165) is 24.1 Å². The fourth-order valence-electron chi connectivity index (χ4n) is 1.85. The van der Waals surface area contributed by atoms with E-state index in [9.17, 15) is 4.79 Å². The van der Waals surface area contributed by atoms with Crippen molar-refractivity contribution in [3.05, 3.63) is 53.3 Å². The van der Waals surface area contributed by atoms with Crippen LogP contribution in [-0.4, -0.2) is 22.5 Å². The molecule has 0 aliphatic heterocycles. The van der Waals surface area contributed by atoms with Crippen LogP contribution in [0.25, 0.3) is 0 Å². The monoisotopic (exact) mass is 271 g/mol. The molecule has 0 radical (unpaired) electrons. The number of nitrogens with two attached hydrogens (primary N) is 1. The van der Waals surface area contributed by atoms with Gasteiger partial charge in [0.25, 0.3) is 0 Å². The van der Waals surface area contributed by atoms with Gasteiger partial charge in [-0.1, -0.05) is 12.1 Å². The molecule has 0 spiro atoms. The number of rotatable bonds is 5. The molecule has 0 saturated carbocycles. The number of carbonyl (C=O) groups is 1. The summed E-state index contributed by atoms with van der Waals surface area (Å²) < 4.78 is 4.94. The normalized spacial score (nSPS) is 10.2. The molecule has 0 saturated heterocycles. The van der Waals surface area contributed by atoms with Gasteiger partial charge >= 0.3 is 5.97 Å². The predicted octanol–water partition coefficient (Wildman–Crippen LogP) is 2.02. The van der Waals surface area contributed by atoms with E-state index < -0.39 is 0 Å². The molecule has 1 aromatic heterocycles. The predicted molar refractivity (Wildman–Crippen MR) is 76.3 cm³/mol. The molecule has 0 aliphatic carbocycles. The van der Waals surface area contributed by atoms with Crippen LogP contribution in [0, 0.1) is 0 Å².